The molecule has 0 rings (SSSR count). The van der Waals surface area contributed by atoms with Gasteiger partial charge in [-0.2, -0.15) is 0 Å². The third-order valence-electron chi connectivity index (χ3n) is 9.28. The summed E-state index contributed by atoms with van der Waals surface area (Å²) < 4.78 is 0. The summed E-state index contributed by atoms with van der Waals surface area (Å²) in [5.74, 6) is -0.159. The van der Waals surface area contributed by atoms with Crippen LogP contribution >= 0.6 is 0 Å². The Kier molecular flexibility index (Phi) is 35.7. The second kappa shape index (κ2) is 36.7. The van der Waals surface area contributed by atoms with E-state index in [9.17, 15) is 20.1 Å². The van der Waals surface area contributed by atoms with Crippen molar-refractivity contribution < 1.29 is 20.1 Å². The minimum Gasteiger partial charge on any atom is -0.394 e. The molecule has 0 saturated heterocycles. The fourth-order valence-electron chi connectivity index (χ4n) is 6.10. The number of hydrogen-bond donors (Lipinski definition) is 4. The molecule has 46 heavy (non-hydrogen) atoms. The van der Waals surface area contributed by atoms with Gasteiger partial charge >= 0.3 is 0 Å². The van der Waals surface area contributed by atoms with Crippen molar-refractivity contribution in [2.75, 3.05) is 6.61 Å². The van der Waals surface area contributed by atoms with E-state index in [1.54, 1.807) is 0 Å². The lowest BCUT2D eigenvalue weighted by Crippen LogP contribution is -2.50. The third-order valence-corrected chi connectivity index (χ3v) is 9.28. The zero-order chi connectivity index (χ0) is 33.8. The molecule has 3 unspecified atom stereocenters. The van der Waals surface area contributed by atoms with Crippen LogP contribution in [-0.4, -0.2) is 46.1 Å². The number of aliphatic hydroxyl groups is 3. The first kappa shape index (κ1) is 44.8. The monoisotopic (exact) mass is 650 g/mol. The van der Waals surface area contributed by atoms with E-state index in [0.29, 0.717) is 12.8 Å². The number of carbonyl (C=O) groups excluding carboxylic acids is 1. The summed E-state index contributed by atoms with van der Waals surface area (Å²) >= 11 is 0. The number of nitrogens with one attached hydrogen (secondary N) is 1. The highest BCUT2D eigenvalue weighted by Gasteiger charge is 2.26. The van der Waals surface area contributed by atoms with Gasteiger partial charge in [-0.15, -0.1) is 0 Å². The molecule has 0 aromatic carbocycles. The standard InChI is InChI=1S/C41H79NO4/c1-3-5-7-9-11-13-15-17-18-19-20-21-22-23-24-26-28-30-32-34-36-40(45)42-38(37-43)41(46)39(44)35-33-31-29-27-25-16-14-12-10-8-6-4-2/h20-21,27,29,38-39,41,43-44,46H,3-19,22-26,28,30-37H2,1-2H3,(H,42,45)/b21-20-,29-27+. The predicted octanol–water partition coefficient (Wildman–Crippen LogP) is 11.0. The summed E-state index contributed by atoms with van der Waals surface area (Å²) in [6.07, 6.45) is 42.8. The van der Waals surface area contributed by atoms with Gasteiger partial charge in [0.2, 0.25) is 5.91 Å². The number of hydrogen-bond acceptors (Lipinski definition) is 4. The van der Waals surface area contributed by atoms with E-state index in [2.05, 4.69) is 43.5 Å². The molecule has 3 atom stereocenters. The van der Waals surface area contributed by atoms with Crippen LogP contribution in [0.2, 0.25) is 0 Å². The number of carbonyl (C=O) groups is 1. The molecule has 1 amide bonds. The molecule has 0 aromatic heterocycles. The molecule has 0 spiro atoms. The molecule has 0 radical (unpaired) electrons. The first-order valence-corrected chi connectivity index (χ1v) is 20.1. The fourth-order valence-corrected chi connectivity index (χ4v) is 6.10. The maximum Gasteiger partial charge on any atom is 0.220 e. The Hall–Kier alpha value is -1.17. The Bertz CT molecular complexity index is 679. The van der Waals surface area contributed by atoms with Gasteiger partial charge in [0.25, 0.3) is 0 Å². The van der Waals surface area contributed by atoms with Crippen LogP contribution in [0.5, 0.6) is 0 Å². The van der Waals surface area contributed by atoms with E-state index < -0.39 is 18.2 Å². The number of amides is 1. The largest absolute Gasteiger partial charge is 0.394 e. The van der Waals surface area contributed by atoms with Crippen molar-refractivity contribution in [2.45, 2.75) is 225 Å². The summed E-state index contributed by atoms with van der Waals surface area (Å²) in [7, 11) is 0. The Morgan fingerprint density at radius 1 is 0.522 bits per heavy atom. The van der Waals surface area contributed by atoms with Crippen LogP contribution in [0.25, 0.3) is 0 Å². The molecule has 5 nitrogen and oxygen atoms in total. The maximum atomic E-state index is 12.4. The van der Waals surface area contributed by atoms with Crippen molar-refractivity contribution in [3.8, 4) is 0 Å². The first-order chi connectivity index (χ1) is 22.6. The number of aliphatic hydroxyl groups excluding tert-OH is 3. The van der Waals surface area contributed by atoms with Gasteiger partial charge in [-0.25, -0.2) is 0 Å². The minimum absolute atomic E-state index is 0.159. The number of allylic oxidation sites excluding steroid dienone is 4. The lowest BCUT2D eigenvalue weighted by atomic mass is 10.0. The van der Waals surface area contributed by atoms with Crippen molar-refractivity contribution in [1.29, 1.82) is 0 Å². The van der Waals surface area contributed by atoms with Crippen LogP contribution in [0, 0.1) is 0 Å². The van der Waals surface area contributed by atoms with Crippen LogP contribution in [0.15, 0.2) is 24.3 Å². The van der Waals surface area contributed by atoms with Gasteiger partial charge in [-0.1, -0.05) is 160 Å². The third kappa shape index (κ3) is 31.4. The van der Waals surface area contributed by atoms with Crippen molar-refractivity contribution in [1.82, 2.24) is 5.32 Å². The van der Waals surface area contributed by atoms with Gasteiger partial charge in [0.05, 0.1) is 18.8 Å². The maximum absolute atomic E-state index is 12.4. The SMILES string of the molecule is CCCCCCCCC/C=C/CCCC(O)C(O)C(CO)NC(=O)CCCCCCCCC/C=C\CCCCCCCCCCC. The fraction of sp³-hybridized carbons (Fsp3) is 0.878. The molecule has 5 heteroatoms. The molecule has 272 valence electrons. The van der Waals surface area contributed by atoms with Gasteiger partial charge in [0.1, 0.15) is 6.10 Å². The predicted molar refractivity (Wildman–Crippen MR) is 199 cm³/mol. The first-order valence-electron chi connectivity index (χ1n) is 20.1. The van der Waals surface area contributed by atoms with Gasteiger partial charge in [-0.3, -0.25) is 4.79 Å². The summed E-state index contributed by atoms with van der Waals surface area (Å²) in [6.45, 7) is 4.15. The van der Waals surface area contributed by atoms with Crippen LogP contribution in [0.4, 0.5) is 0 Å². The van der Waals surface area contributed by atoms with Gasteiger partial charge in [-0.05, 0) is 64.2 Å². The topological polar surface area (TPSA) is 89.8 Å². The Morgan fingerprint density at radius 2 is 0.870 bits per heavy atom. The van der Waals surface area contributed by atoms with Crippen LogP contribution in [-0.2, 0) is 4.79 Å². The summed E-state index contributed by atoms with van der Waals surface area (Å²) in [4.78, 5) is 12.4. The quantitative estimate of drug-likeness (QED) is 0.0401. The van der Waals surface area contributed by atoms with Gasteiger partial charge in [0, 0.05) is 6.42 Å². The van der Waals surface area contributed by atoms with Crippen molar-refractivity contribution in [3.05, 3.63) is 24.3 Å². The van der Waals surface area contributed by atoms with E-state index in [-0.39, 0.29) is 12.5 Å². The van der Waals surface area contributed by atoms with Crippen molar-refractivity contribution in [3.63, 3.8) is 0 Å². The normalized spacial score (nSPS) is 13.9. The van der Waals surface area contributed by atoms with Crippen molar-refractivity contribution in [2.24, 2.45) is 0 Å². The van der Waals surface area contributed by atoms with E-state index in [1.807, 2.05) is 0 Å². The molecule has 0 bridgehead atoms. The van der Waals surface area contributed by atoms with E-state index >= 15 is 0 Å². The Labute approximate surface area is 286 Å². The molecule has 0 aliphatic rings. The molecule has 0 saturated carbocycles. The second-order valence-corrected chi connectivity index (χ2v) is 13.8. The van der Waals surface area contributed by atoms with E-state index in [1.165, 1.54) is 141 Å². The average molecular weight is 650 g/mol. The summed E-state index contributed by atoms with van der Waals surface area (Å²) in [6, 6.07) is -0.825. The molecule has 0 fully saturated rings. The Morgan fingerprint density at radius 3 is 1.26 bits per heavy atom. The average Bonchev–Trinajstić information content (AvgIpc) is 3.06. The molecular weight excluding hydrogens is 570 g/mol. The molecule has 0 heterocycles. The van der Waals surface area contributed by atoms with Crippen LogP contribution < -0.4 is 5.32 Å². The highest BCUT2D eigenvalue weighted by Crippen LogP contribution is 2.14. The zero-order valence-electron chi connectivity index (χ0n) is 30.7. The number of rotatable bonds is 36. The smallest absolute Gasteiger partial charge is 0.220 e. The van der Waals surface area contributed by atoms with Gasteiger partial charge in [0.15, 0.2) is 0 Å². The summed E-state index contributed by atoms with van der Waals surface area (Å²) in [5.41, 5.74) is 0. The molecular formula is C41H79NO4. The van der Waals surface area contributed by atoms with E-state index in [0.717, 1.165) is 38.5 Å². The zero-order valence-corrected chi connectivity index (χ0v) is 30.7. The van der Waals surface area contributed by atoms with Crippen LogP contribution in [0.1, 0.15) is 206 Å². The van der Waals surface area contributed by atoms with Crippen LogP contribution in [0.3, 0.4) is 0 Å². The lowest BCUT2D eigenvalue weighted by Gasteiger charge is -2.26. The molecule has 0 aliphatic heterocycles. The summed E-state index contributed by atoms with van der Waals surface area (Å²) in [5, 5.41) is 33.3. The molecule has 0 aromatic rings. The lowest BCUT2D eigenvalue weighted by molar-refractivity contribution is -0.124. The highest BCUT2D eigenvalue weighted by atomic mass is 16.3. The Balaban J connectivity index is 3.67. The van der Waals surface area contributed by atoms with Crippen molar-refractivity contribution >= 4 is 5.91 Å². The minimum atomic E-state index is -1.16. The van der Waals surface area contributed by atoms with E-state index in [4.69, 9.17) is 0 Å². The second-order valence-electron chi connectivity index (χ2n) is 13.8. The number of unbranched alkanes of at least 4 members (excludes halogenated alkanes) is 24. The van der Waals surface area contributed by atoms with Gasteiger partial charge < -0.3 is 20.6 Å². The molecule has 0 aliphatic carbocycles. The molecule has 4 N–H and O–H groups in total. The highest BCUT2D eigenvalue weighted by molar-refractivity contribution is 5.76.